The lowest BCUT2D eigenvalue weighted by Gasteiger charge is -2.25. The number of anilines is 1. The van der Waals surface area contributed by atoms with Crippen LogP contribution < -0.4 is 5.32 Å². The molecule has 0 saturated heterocycles. The van der Waals surface area contributed by atoms with Gasteiger partial charge in [-0.3, -0.25) is 10.1 Å². The maximum Gasteiger partial charge on any atom is 0.334 e. The second-order valence-corrected chi connectivity index (χ2v) is 5.56. The van der Waals surface area contributed by atoms with Crippen LogP contribution in [0.1, 0.15) is 39.3 Å². The Bertz CT molecular complexity index is 466. The average Bonchev–Trinajstić information content (AvgIpc) is 2.55. The average molecular weight is 270 g/mol. The van der Waals surface area contributed by atoms with Crippen LogP contribution in [0.2, 0.25) is 0 Å². The molecule has 1 aromatic rings. The summed E-state index contributed by atoms with van der Waals surface area (Å²) in [6, 6.07) is 0. The molecule has 1 heterocycles. The Labute approximate surface area is 113 Å². The molecule has 0 unspecified atom stereocenters. The summed E-state index contributed by atoms with van der Waals surface area (Å²) >= 11 is 0. The van der Waals surface area contributed by atoms with E-state index in [2.05, 4.69) is 10.4 Å². The van der Waals surface area contributed by atoms with Crippen molar-refractivity contribution < 1.29 is 9.66 Å². The summed E-state index contributed by atoms with van der Waals surface area (Å²) in [5.74, 6) is 0.406. The molecule has 108 valence electrons. The smallest absolute Gasteiger partial charge is 0.334 e. The SMILES string of the molecule is COCC(C)(C)Nc1c([N+](=O)[O-])c(C(C)C)nn1C. The van der Waals surface area contributed by atoms with Crippen LogP contribution in [-0.2, 0) is 11.8 Å². The predicted molar refractivity (Wildman–Crippen MR) is 73.5 cm³/mol. The second-order valence-electron chi connectivity index (χ2n) is 5.56. The molecule has 1 rings (SSSR count). The molecule has 0 bridgehead atoms. The maximum atomic E-state index is 11.3. The molecule has 0 spiro atoms. The first kappa shape index (κ1) is 15.4. The summed E-state index contributed by atoms with van der Waals surface area (Å²) in [4.78, 5) is 10.9. The molecule has 0 saturated carbocycles. The summed E-state index contributed by atoms with van der Waals surface area (Å²) in [5, 5.41) is 18.7. The van der Waals surface area contributed by atoms with Crippen molar-refractivity contribution >= 4 is 11.5 Å². The third kappa shape index (κ3) is 3.44. The topological polar surface area (TPSA) is 82.2 Å². The summed E-state index contributed by atoms with van der Waals surface area (Å²) in [7, 11) is 3.30. The fourth-order valence-corrected chi connectivity index (χ4v) is 1.96. The Kier molecular flexibility index (Phi) is 4.52. The molecule has 7 nitrogen and oxygen atoms in total. The molecule has 0 fully saturated rings. The molecule has 0 aliphatic heterocycles. The molecule has 1 aromatic heterocycles. The van der Waals surface area contributed by atoms with E-state index in [0.717, 1.165) is 0 Å². The Hall–Kier alpha value is -1.63. The third-order valence-electron chi connectivity index (χ3n) is 2.74. The number of rotatable bonds is 6. The molecule has 0 aromatic carbocycles. The molecule has 0 aliphatic carbocycles. The molecule has 1 N–H and O–H groups in total. The van der Waals surface area contributed by atoms with E-state index in [-0.39, 0.29) is 16.5 Å². The van der Waals surface area contributed by atoms with Crippen molar-refractivity contribution in [2.24, 2.45) is 7.05 Å². The monoisotopic (exact) mass is 270 g/mol. The van der Waals surface area contributed by atoms with E-state index in [1.165, 1.54) is 4.68 Å². The van der Waals surface area contributed by atoms with Crippen LogP contribution in [0.4, 0.5) is 11.5 Å². The lowest BCUT2D eigenvalue weighted by molar-refractivity contribution is -0.384. The van der Waals surface area contributed by atoms with Crippen LogP contribution in [0.3, 0.4) is 0 Å². The highest BCUT2D eigenvalue weighted by molar-refractivity contribution is 5.61. The van der Waals surface area contributed by atoms with Gasteiger partial charge in [-0.05, 0) is 13.8 Å². The van der Waals surface area contributed by atoms with Crippen LogP contribution in [0.5, 0.6) is 0 Å². The quantitative estimate of drug-likeness (QED) is 0.633. The highest BCUT2D eigenvalue weighted by Crippen LogP contribution is 2.34. The van der Waals surface area contributed by atoms with E-state index in [0.29, 0.717) is 18.1 Å². The summed E-state index contributed by atoms with van der Waals surface area (Å²) < 4.78 is 6.63. The Morgan fingerprint density at radius 2 is 2.11 bits per heavy atom. The van der Waals surface area contributed by atoms with Crippen molar-refractivity contribution in [1.29, 1.82) is 0 Å². The fourth-order valence-electron chi connectivity index (χ4n) is 1.96. The normalized spacial score (nSPS) is 11.9. The van der Waals surface area contributed by atoms with Gasteiger partial charge < -0.3 is 10.1 Å². The molecule has 0 amide bonds. The molecule has 0 atom stereocenters. The Balaban J connectivity index is 3.23. The molecular formula is C12H22N4O3. The maximum absolute atomic E-state index is 11.3. The number of hydrogen-bond donors (Lipinski definition) is 1. The third-order valence-corrected chi connectivity index (χ3v) is 2.74. The summed E-state index contributed by atoms with van der Waals surface area (Å²) in [6.45, 7) is 8.05. The predicted octanol–water partition coefficient (Wildman–Crippen LogP) is 2.29. The van der Waals surface area contributed by atoms with Crippen molar-refractivity contribution in [2.75, 3.05) is 19.0 Å². The molecule has 0 aliphatic rings. The van der Waals surface area contributed by atoms with Crippen molar-refractivity contribution in [2.45, 2.75) is 39.2 Å². The van der Waals surface area contributed by atoms with Gasteiger partial charge in [-0.15, -0.1) is 0 Å². The number of nitrogens with one attached hydrogen (secondary N) is 1. The van der Waals surface area contributed by atoms with Gasteiger partial charge in [-0.1, -0.05) is 13.8 Å². The first-order valence-electron chi connectivity index (χ1n) is 6.18. The number of nitrogens with zero attached hydrogens (tertiary/aromatic N) is 3. The lowest BCUT2D eigenvalue weighted by Crippen LogP contribution is -2.36. The minimum Gasteiger partial charge on any atom is -0.382 e. The number of methoxy groups -OCH3 is 1. The van der Waals surface area contributed by atoms with Gasteiger partial charge in [0, 0.05) is 20.1 Å². The van der Waals surface area contributed by atoms with Gasteiger partial charge in [0.2, 0.25) is 5.82 Å². The largest absolute Gasteiger partial charge is 0.382 e. The van der Waals surface area contributed by atoms with E-state index in [9.17, 15) is 10.1 Å². The minimum absolute atomic E-state index is 0.00677. The number of aryl methyl sites for hydroxylation is 1. The summed E-state index contributed by atoms with van der Waals surface area (Å²) in [6.07, 6.45) is 0. The summed E-state index contributed by atoms with van der Waals surface area (Å²) in [5.41, 5.74) is 0.117. The van der Waals surface area contributed by atoms with Crippen LogP contribution in [0, 0.1) is 10.1 Å². The van der Waals surface area contributed by atoms with Gasteiger partial charge in [-0.25, -0.2) is 4.68 Å². The van der Waals surface area contributed by atoms with E-state index in [4.69, 9.17) is 4.74 Å². The zero-order valence-corrected chi connectivity index (χ0v) is 12.4. The van der Waals surface area contributed by atoms with E-state index in [1.807, 2.05) is 27.7 Å². The molecule has 19 heavy (non-hydrogen) atoms. The first-order valence-corrected chi connectivity index (χ1v) is 6.18. The van der Waals surface area contributed by atoms with Crippen LogP contribution in [-0.4, -0.2) is 34.0 Å². The van der Waals surface area contributed by atoms with Gasteiger partial charge in [0.1, 0.15) is 5.69 Å². The van der Waals surface area contributed by atoms with Crippen molar-refractivity contribution in [3.05, 3.63) is 15.8 Å². The number of aromatic nitrogens is 2. The highest BCUT2D eigenvalue weighted by Gasteiger charge is 2.31. The minimum atomic E-state index is -0.415. The van der Waals surface area contributed by atoms with Crippen LogP contribution in [0.15, 0.2) is 0 Å². The molecule has 0 radical (unpaired) electrons. The molecule has 7 heteroatoms. The van der Waals surface area contributed by atoms with Gasteiger partial charge >= 0.3 is 5.69 Å². The van der Waals surface area contributed by atoms with Crippen molar-refractivity contribution in [3.8, 4) is 0 Å². The van der Waals surface area contributed by atoms with Crippen molar-refractivity contribution in [1.82, 2.24) is 9.78 Å². The van der Waals surface area contributed by atoms with Crippen LogP contribution in [0.25, 0.3) is 0 Å². The second kappa shape index (κ2) is 5.56. The Morgan fingerprint density at radius 3 is 2.53 bits per heavy atom. The fraction of sp³-hybridized carbons (Fsp3) is 0.750. The number of ether oxygens (including phenoxy) is 1. The highest BCUT2D eigenvalue weighted by atomic mass is 16.6. The Morgan fingerprint density at radius 1 is 1.53 bits per heavy atom. The van der Waals surface area contributed by atoms with Gasteiger partial charge in [0.05, 0.1) is 17.1 Å². The van der Waals surface area contributed by atoms with Crippen LogP contribution >= 0.6 is 0 Å². The lowest BCUT2D eigenvalue weighted by atomic mass is 10.1. The van der Waals surface area contributed by atoms with E-state index in [1.54, 1.807) is 14.2 Å². The zero-order chi connectivity index (χ0) is 14.8. The van der Waals surface area contributed by atoms with Gasteiger partial charge in [-0.2, -0.15) is 5.10 Å². The van der Waals surface area contributed by atoms with E-state index < -0.39 is 5.54 Å². The number of hydrogen-bond acceptors (Lipinski definition) is 5. The molecular weight excluding hydrogens is 248 g/mol. The number of nitro groups is 1. The van der Waals surface area contributed by atoms with Gasteiger partial charge in [0.25, 0.3) is 0 Å². The van der Waals surface area contributed by atoms with E-state index >= 15 is 0 Å². The first-order chi connectivity index (χ1) is 8.69. The van der Waals surface area contributed by atoms with Crippen molar-refractivity contribution in [3.63, 3.8) is 0 Å². The zero-order valence-electron chi connectivity index (χ0n) is 12.4. The standard InChI is InChI=1S/C12H22N4O3/c1-8(2)9-10(16(17)18)11(15(5)14-9)13-12(3,4)7-19-6/h8,13H,7H2,1-6H3. The van der Waals surface area contributed by atoms with Gasteiger partial charge in [0.15, 0.2) is 0 Å².